The van der Waals surface area contributed by atoms with E-state index < -0.39 is 12.1 Å². The average Bonchev–Trinajstić information content (AvgIpc) is 2.62. The van der Waals surface area contributed by atoms with Crippen LogP contribution in [0.15, 0.2) is 65.6 Å². The van der Waals surface area contributed by atoms with Gasteiger partial charge in [-0.15, -0.1) is 23.4 Å². The third-order valence-electron chi connectivity index (χ3n) is 3.47. The lowest BCUT2D eigenvalue weighted by molar-refractivity contribution is -0.120. The van der Waals surface area contributed by atoms with Crippen molar-refractivity contribution in [3.63, 3.8) is 0 Å². The number of Topliss-reactive ketones (excluding diaryl/α,β-unsaturated/α-hetero) is 1. The minimum Gasteiger partial charge on any atom is -0.465 e. The normalized spacial score (nSPS) is 11.7. The summed E-state index contributed by atoms with van der Waals surface area (Å²) in [6, 6.07) is 18.0. The molecule has 0 spiro atoms. The van der Waals surface area contributed by atoms with E-state index in [4.69, 9.17) is 11.6 Å². The molecule has 1 N–H and O–H groups in total. The molecule has 0 aliphatic carbocycles. The molecule has 2 aromatic rings. The van der Waals surface area contributed by atoms with E-state index in [-0.39, 0.29) is 18.2 Å². The highest BCUT2D eigenvalue weighted by Gasteiger charge is 2.29. The number of carboxylic acid groups (broad SMARTS) is 1. The van der Waals surface area contributed by atoms with Crippen LogP contribution < -0.4 is 0 Å². The predicted molar refractivity (Wildman–Crippen MR) is 96.7 cm³/mol. The van der Waals surface area contributed by atoms with Gasteiger partial charge in [0.25, 0.3) is 0 Å². The molecule has 1 atom stereocenters. The van der Waals surface area contributed by atoms with Crippen LogP contribution in [-0.4, -0.2) is 39.6 Å². The van der Waals surface area contributed by atoms with Crippen molar-refractivity contribution < 1.29 is 14.7 Å². The third-order valence-corrected chi connectivity index (χ3v) is 4.82. The minimum atomic E-state index is -1.13. The maximum atomic E-state index is 12.2. The smallest absolute Gasteiger partial charge is 0.408 e. The molecule has 0 unspecified atom stereocenters. The third kappa shape index (κ3) is 5.28. The van der Waals surface area contributed by atoms with Gasteiger partial charge in [-0.05, 0) is 17.7 Å². The molecule has 24 heavy (non-hydrogen) atoms. The standard InChI is InChI=1S/C18H18ClNO3S/c19-11-17(21)16(13-24-15-9-5-2-6-10-15)20(18(22)23)12-14-7-3-1-4-8-14/h1-10,16H,11-13H2,(H,22,23)/t16-/m0/s1. The molecule has 0 bridgehead atoms. The molecule has 4 nitrogen and oxygen atoms in total. The number of amides is 1. The number of hydrogen-bond acceptors (Lipinski definition) is 3. The van der Waals surface area contributed by atoms with Gasteiger partial charge in [-0.2, -0.15) is 0 Å². The van der Waals surface area contributed by atoms with Gasteiger partial charge in [-0.1, -0.05) is 48.5 Å². The molecule has 126 valence electrons. The van der Waals surface area contributed by atoms with Crippen molar-refractivity contribution in [1.29, 1.82) is 0 Å². The molecule has 0 aliphatic heterocycles. The van der Waals surface area contributed by atoms with Gasteiger partial charge in [0.1, 0.15) is 6.04 Å². The number of rotatable bonds is 8. The molecule has 0 radical (unpaired) electrons. The van der Waals surface area contributed by atoms with Crippen molar-refractivity contribution in [1.82, 2.24) is 4.90 Å². The zero-order valence-corrected chi connectivity index (χ0v) is 14.5. The molecule has 0 fully saturated rings. The summed E-state index contributed by atoms with van der Waals surface area (Å²) < 4.78 is 0. The first-order valence-electron chi connectivity index (χ1n) is 7.42. The highest BCUT2D eigenvalue weighted by atomic mass is 35.5. The van der Waals surface area contributed by atoms with Gasteiger partial charge in [0.15, 0.2) is 5.78 Å². The van der Waals surface area contributed by atoms with Gasteiger partial charge >= 0.3 is 6.09 Å². The summed E-state index contributed by atoms with van der Waals surface area (Å²) in [5.74, 6) is -0.175. The molecular weight excluding hydrogens is 346 g/mol. The van der Waals surface area contributed by atoms with Crippen LogP contribution in [0.4, 0.5) is 4.79 Å². The van der Waals surface area contributed by atoms with Crippen LogP contribution >= 0.6 is 23.4 Å². The summed E-state index contributed by atoms with van der Waals surface area (Å²) in [6.07, 6.45) is -1.13. The number of alkyl halides is 1. The lowest BCUT2D eigenvalue weighted by atomic mass is 10.1. The summed E-state index contributed by atoms with van der Waals surface area (Å²) in [6.45, 7) is 0.152. The van der Waals surface area contributed by atoms with Gasteiger partial charge in [0.05, 0.1) is 5.88 Å². The average molecular weight is 364 g/mol. The predicted octanol–water partition coefficient (Wildman–Crippen LogP) is 4.14. The Labute approximate surface area is 150 Å². The number of benzene rings is 2. The van der Waals surface area contributed by atoms with Crippen molar-refractivity contribution in [3.8, 4) is 0 Å². The maximum Gasteiger partial charge on any atom is 0.408 e. The molecule has 0 aromatic heterocycles. The number of hydrogen-bond donors (Lipinski definition) is 1. The largest absolute Gasteiger partial charge is 0.465 e. The highest BCUT2D eigenvalue weighted by Crippen LogP contribution is 2.22. The van der Waals surface area contributed by atoms with E-state index in [1.807, 2.05) is 60.7 Å². The second kappa shape index (κ2) is 9.35. The summed E-state index contributed by atoms with van der Waals surface area (Å²) in [5, 5.41) is 9.57. The molecule has 0 aliphatic rings. The van der Waals surface area contributed by atoms with Crippen LogP contribution in [0.2, 0.25) is 0 Å². The Morgan fingerprint density at radius 1 is 1.04 bits per heavy atom. The van der Waals surface area contributed by atoms with Crippen LogP contribution in [0.1, 0.15) is 5.56 Å². The van der Waals surface area contributed by atoms with E-state index in [1.165, 1.54) is 11.8 Å². The molecule has 2 rings (SSSR count). The van der Waals surface area contributed by atoms with Crippen molar-refractivity contribution in [3.05, 3.63) is 66.2 Å². The Balaban J connectivity index is 2.16. The van der Waals surface area contributed by atoms with Gasteiger partial charge < -0.3 is 5.11 Å². The Kier molecular flexibility index (Phi) is 7.15. The molecule has 2 aromatic carbocycles. The molecule has 0 heterocycles. The highest BCUT2D eigenvalue weighted by molar-refractivity contribution is 7.99. The van der Waals surface area contributed by atoms with E-state index in [0.29, 0.717) is 5.75 Å². The number of nitrogens with zero attached hydrogens (tertiary/aromatic N) is 1. The van der Waals surface area contributed by atoms with Crippen molar-refractivity contribution in [2.24, 2.45) is 0 Å². The SMILES string of the molecule is O=C(CCl)[C@H](CSc1ccccc1)N(Cc1ccccc1)C(=O)O. The Morgan fingerprint density at radius 2 is 1.62 bits per heavy atom. The zero-order chi connectivity index (χ0) is 17.4. The Hall–Kier alpha value is -1.98. The molecule has 1 amide bonds. The van der Waals surface area contributed by atoms with Crippen LogP contribution in [0.25, 0.3) is 0 Å². The number of halogens is 1. The summed E-state index contributed by atoms with van der Waals surface area (Å²) in [7, 11) is 0. The van der Waals surface area contributed by atoms with E-state index in [0.717, 1.165) is 15.4 Å². The fourth-order valence-corrected chi connectivity index (χ4v) is 3.47. The number of carbonyl (C=O) groups is 2. The molecular formula is C18H18ClNO3S. The van der Waals surface area contributed by atoms with E-state index in [9.17, 15) is 14.7 Å². The number of ketones is 1. The van der Waals surface area contributed by atoms with Gasteiger partial charge in [-0.3, -0.25) is 9.69 Å². The first kappa shape index (κ1) is 18.4. The molecule has 6 heteroatoms. The number of carbonyl (C=O) groups excluding carboxylic acids is 1. The summed E-state index contributed by atoms with van der Waals surface area (Å²) in [4.78, 5) is 26.1. The first-order valence-corrected chi connectivity index (χ1v) is 8.94. The van der Waals surface area contributed by atoms with Crippen molar-refractivity contribution in [2.75, 3.05) is 11.6 Å². The molecule has 0 saturated heterocycles. The van der Waals surface area contributed by atoms with Crippen LogP contribution in [-0.2, 0) is 11.3 Å². The van der Waals surface area contributed by atoms with Crippen LogP contribution in [0, 0.1) is 0 Å². The second-order valence-electron chi connectivity index (χ2n) is 5.14. The fourth-order valence-electron chi connectivity index (χ4n) is 2.23. The van der Waals surface area contributed by atoms with E-state index >= 15 is 0 Å². The van der Waals surface area contributed by atoms with Gasteiger partial charge in [-0.25, -0.2) is 4.79 Å². The van der Waals surface area contributed by atoms with Crippen LogP contribution in [0.3, 0.4) is 0 Å². The summed E-state index contributed by atoms with van der Waals surface area (Å²) >= 11 is 7.15. The lowest BCUT2D eigenvalue weighted by Crippen LogP contribution is -2.46. The van der Waals surface area contributed by atoms with E-state index in [2.05, 4.69) is 0 Å². The van der Waals surface area contributed by atoms with Crippen molar-refractivity contribution >= 4 is 35.2 Å². The summed E-state index contributed by atoms with van der Waals surface area (Å²) in [5.41, 5.74) is 0.831. The quantitative estimate of drug-likeness (QED) is 0.565. The van der Waals surface area contributed by atoms with Crippen LogP contribution in [0.5, 0.6) is 0 Å². The zero-order valence-electron chi connectivity index (χ0n) is 13.0. The Bertz CT molecular complexity index is 666. The minimum absolute atomic E-state index is 0.152. The maximum absolute atomic E-state index is 12.2. The fraction of sp³-hybridized carbons (Fsp3) is 0.222. The van der Waals surface area contributed by atoms with Gasteiger partial charge in [0, 0.05) is 17.2 Å². The van der Waals surface area contributed by atoms with Crippen molar-refractivity contribution in [2.45, 2.75) is 17.5 Å². The monoisotopic (exact) mass is 363 g/mol. The Morgan fingerprint density at radius 3 is 2.17 bits per heavy atom. The number of thioether (sulfide) groups is 1. The topological polar surface area (TPSA) is 57.6 Å². The lowest BCUT2D eigenvalue weighted by Gasteiger charge is -2.28. The molecule has 0 saturated carbocycles. The van der Waals surface area contributed by atoms with Gasteiger partial charge in [0.2, 0.25) is 0 Å². The van der Waals surface area contributed by atoms with E-state index in [1.54, 1.807) is 0 Å². The first-order chi connectivity index (χ1) is 11.6. The second-order valence-corrected chi connectivity index (χ2v) is 6.50.